The number of aryl methyl sites for hydroxylation is 1. The monoisotopic (exact) mass is 526 g/mol. The predicted octanol–water partition coefficient (Wildman–Crippen LogP) is 5.87. The van der Waals surface area contributed by atoms with E-state index in [9.17, 15) is 9.59 Å². The highest BCUT2D eigenvalue weighted by atomic mass is 16.5. The average Bonchev–Trinajstić information content (AvgIpc) is 3.38. The number of nitrogens with one attached hydrogen (secondary N) is 2. The lowest BCUT2D eigenvalue weighted by molar-refractivity contribution is -0.132. The molecule has 39 heavy (non-hydrogen) atoms. The van der Waals surface area contributed by atoms with Gasteiger partial charge in [-0.1, -0.05) is 67.6 Å². The minimum Gasteiger partial charge on any atom is -0.385 e. The summed E-state index contributed by atoms with van der Waals surface area (Å²) in [5.74, 6) is -0.0902. The van der Waals surface area contributed by atoms with E-state index in [0.717, 1.165) is 17.5 Å². The lowest BCUT2D eigenvalue weighted by Gasteiger charge is -2.28. The maximum absolute atomic E-state index is 13.7. The van der Waals surface area contributed by atoms with Crippen molar-refractivity contribution in [3.63, 3.8) is 0 Å². The molecule has 0 spiro atoms. The zero-order valence-electron chi connectivity index (χ0n) is 22.9. The molecule has 0 fully saturated rings. The summed E-state index contributed by atoms with van der Waals surface area (Å²) in [5, 5.41) is 4.13. The van der Waals surface area contributed by atoms with E-state index in [2.05, 4.69) is 29.4 Å². The number of carbonyl (C=O) groups excluding carboxylic acids is 2. The fourth-order valence-corrected chi connectivity index (χ4v) is 4.63. The van der Waals surface area contributed by atoms with Crippen molar-refractivity contribution in [1.82, 2.24) is 14.8 Å². The van der Waals surface area contributed by atoms with Crippen molar-refractivity contribution >= 4 is 28.5 Å². The molecule has 0 radical (unpaired) electrons. The fourth-order valence-electron chi connectivity index (χ4n) is 4.63. The van der Waals surface area contributed by atoms with Crippen molar-refractivity contribution < 1.29 is 14.3 Å². The maximum atomic E-state index is 13.7. The maximum Gasteiger partial charge on any atom is 0.322 e. The summed E-state index contributed by atoms with van der Waals surface area (Å²) < 4.78 is 5.21. The smallest absolute Gasteiger partial charge is 0.322 e. The van der Waals surface area contributed by atoms with Crippen LogP contribution in [0.2, 0.25) is 0 Å². The Kier molecular flexibility index (Phi) is 10.1. The van der Waals surface area contributed by atoms with Crippen LogP contribution in [0.3, 0.4) is 0 Å². The lowest BCUT2D eigenvalue weighted by atomic mass is 10.1. The van der Waals surface area contributed by atoms with Gasteiger partial charge in [-0.15, -0.1) is 0 Å². The van der Waals surface area contributed by atoms with Crippen LogP contribution in [0, 0.1) is 0 Å². The highest BCUT2D eigenvalue weighted by Gasteiger charge is 2.22. The summed E-state index contributed by atoms with van der Waals surface area (Å²) in [7, 11) is 1.64. The molecule has 0 aliphatic heterocycles. The second-order valence-electron chi connectivity index (χ2n) is 9.66. The molecule has 1 heterocycles. The molecule has 3 aromatic carbocycles. The van der Waals surface area contributed by atoms with Gasteiger partial charge in [-0.05, 0) is 54.2 Å². The quantitative estimate of drug-likeness (QED) is 0.214. The summed E-state index contributed by atoms with van der Waals surface area (Å²) in [4.78, 5) is 33.7. The molecule has 0 bridgehead atoms. The minimum atomic E-state index is -0.292. The van der Waals surface area contributed by atoms with Crippen molar-refractivity contribution in [2.24, 2.45) is 0 Å². The normalized spacial score (nSPS) is 10.9. The van der Waals surface area contributed by atoms with Gasteiger partial charge in [0.2, 0.25) is 5.91 Å². The SMILES string of the molecule is CCc1ccc(NC(=O)N(CCCOC)CC(=O)N(CCc2c[nH]c3ccccc23)Cc2ccccc2)cc1. The summed E-state index contributed by atoms with van der Waals surface area (Å²) in [6.45, 7) is 4.03. The summed E-state index contributed by atoms with van der Waals surface area (Å²) in [6.07, 6.45) is 4.30. The van der Waals surface area contributed by atoms with E-state index in [1.54, 1.807) is 12.0 Å². The number of H-pyrrole nitrogens is 1. The largest absolute Gasteiger partial charge is 0.385 e. The van der Waals surface area contributed by atoms with Gasteiger partial charge in [0, 0.05) is 56.1 Å². The summed E-state index contributed by atoms with van der Waals surface area (Å²) >= 11 is 0. The Hall–Kier alpha value is -4.10. The molecule has 0 atom stereocenters. The molecule has 4 aromatic rings. The van der Waals surface area contributed by atoms with Crippen LogP contribution >= 0.6 is 0 Å². The molecule has 0 aliphatic rings. The number of nitrogens with zero attached hydrogens (tertiary/aromatic N) is 2. The van der Waals surface area contributed by atoms with E-state index in [4.69, 9.17) is 4.74 Å². The number of fused-ring (bicyclic) bond motifs is 1. The molecular formula is C32H38N4O3. The van der Waals surface area contributed by atoms with E-state index >= 15 is 0 Å². The van der Waals surface area contributed by atoms with Crippen LogP contribution in [0.5, 0.6) is 0 Å². The van der Waals surface area contributed by atoms with Crippen LogP contribution in [0.4, 0.5) is 10.5 Å². The third-order valence-corrected chi connectivity index (χ3v) is 6.90. The lowest BCUT2D eigenvalue weighted by Crippen LogP contribution is -2.45. The second kappa shape index (κ2) is 14.2. The molecule has 2 N–H and O–H groups in total. The molecule has 0 saturated carbocycles. The van der Waals surface area contributed by atoms with Gasteiger partial charge in [0.15, 0.2) is 0 Å². The van der Waals surface area contributed by atoms with E-state index < -0.39 is 0 Å². The van der Waals surface area contributed by atoms with Gasteiger partial charge < -0.3 is 24.8 Å². The number of rotatable bonds is 13. The van der Waals surface area contributed by atoms with Gasteiger partial charge in [-0.3, -0.25) is 4.79 Å². The molecule has 0 aliphatic carbocycles. The van der Waals surface area contributed by atoms with Crippen molar-refractivity contribution in [1.29, 1.82) is 0 Å². The number of amides is 3. The second-order valence-corrected chi connectivity index (χ2v) is 9.66. The first-order valence-corrected chi connectivity index (χ1v) is 13.6. The Balaban J connectivity index is 1.48. The predicted molar refractivity (Wildman–Crippen MR) is 157 cm³/mol. The number of benzene rings is 3. The van der Waals surface area contributed by atoms with E-state index in [-0.39, 0.29) is 18.5 Å². The average molecular weight is 527 g/mol. The molecule has 7 nitrogen and oxygen atoms in total. The minimum absolute atomic E-state index is 0.0106. The molecular weight excluding hydrogens is 488 g/mol. The highest BCUT2D eigenvalue weighted by molar-refractivity contribution is 5.92. The van der Waals surface area contributed by atoms with Gasteiger partial charge in [0.1, 0.15) is 6.54 Å². The number of aromatic nitrogens is 1. The number of urea groups is 1. The third kappa shape index (κ3) is 7.94. The number of methoxy groups -OCH3 is 1. The number of para-hydroxylation sites is 1. The van der Waals surface area contributed by atoms with E-state index in [1.165, 1.54) is 16.5 Å². The number of hydrogen-bond acceptors (Lipinski definition) is 3. The summed E-state index contributed by atoms with van der Waals surface area (Å²) in [5.41, 5.74) is 5.22. The Morgan fingerprint density at radius 2 is 1.62 bits per heavy atom. The van der Waals surface area contributed by atoms with Crippen molar-refractivity contribution in [2.75, 3.05) is 38.7 Å². The van der Waals surface area contributed by atoms with Gasteiger partial charge in [-0.2, -0.15) is 0 Å². The standard InChI is InChI=1S/C32H38N4O3/c1-3-25-14-16-28(17-15-25)34-32(38)36(19-9-21-39-2)24-31(37)35(23-26-10-5-4-6-11-26)20-18-27-22-33-30-13-8-7-12-29(27)30/h4-8,10-17,22,33H,3,9,18-21,23-24H2,1-2H3,(H,34,38). The van der Waals surface area contributed by atoms with Crippen LogP contribution in [0.1, 0.15) is 30.0 Å². The van der Waals surface area contributed by atoms with Crippen LogP contribution < -0.4 is 5.32 Å². The van der Waals surface area contributed by atoms with Gasteiger partial charge in [-0.25, -0.2) is 4.79 Å². The molecule has 7 heteroatoms. The first-order chi connectivity index (χ1) is 19.1. The topological polar surface area (TPSA) is 77.7 Å². The number of carbonyl (C=O) groups is 2. The van der Waals surface area contributed by atoms with Crippen LogP contribution in [-0.2, 0) is 28.9 Å². The zero-order valence-corrected chi connectivity index (χ0v) is 22.9. The first kappa shape index (κ1) is 27.9. The van der Waals surface area contributed by atoms with Gasteiger partial charge >= 0.3 is 6.03 Å². The zero-order chi connectivity index (χ0) is 27.5. The highest BCUT2D eigenvalue weighted by Crippen LogP contribution is 2.19. The van der Waals surface area contributed by atoms with Crippen LogP contribution in [0.25, 0.3) is 10.9 Å². The molecule has 4 rings (SSSR count). The Morgan fingerprint density at radius 3 is 2.36 bits per heavy atom. The fraction of sp³-hybridized carbons (Fsp3) is 0.312. The Labute approximate surface area is 230 Å². The Morgan fingerprint density at radius 1 is 0.872 bits per heavy atom. The molecule has 1 aromatic heterocycles. The molecule has 3 amide bonds. The number of ether oxygens (including phenoxy) is 1. The van der Waals surface area contributed by atoms with Crippen molar-refractivity contribution in [2.45, 2.75) is 32.7 Å². The number of aromatic amines is 1. The van der Waals surface area contributed by atoms with Crippen molar-refractivity contribution in [3.8, 4) is 0 Å². The molecule has 0 saturated heterocycles. The molecule has 204 valence electrons. The van der Waals surface area contributed by atoms with Crippen LogP contribution in [-0.4, -0.2) is 60.1 Å². The van der Waals surface area contributed by atoms with E-state index in [1.807, 2.05) is 77.8 Å². The van der Waals surface area contributed by atoms with Gasteiger partial charge in [0.05, 0.1) is 0 Å². The van der Waals surface area contributed by atoms with Crippen molar-refractivity contribution in [3.05, 3.63) is 102 Å². The molecule has 0 unspecified atom stereocenters. The number of anilines is 1. The summed E-state index contributed by atoms with van der Waals surface area (Å²) in [6, 6.07) is 25.7. The number of hydrogen-bond donors (Lipinski definition) is 2. The first-order valence-electron chi connectivity index (χ1n) is 13.6. The van der Waals surface area contributed by atoms with Gasteiger partial charge in [0.25, 0.3) is 0 Å². The Bertz CT molecular complexity index is 1330. The van der Waals surface area contributed by atoms with Crippen LogP contribution in [0.15, 0.2) is 85.1 Å². The third-order valence-electron chi connectivity index (χ3n) is 6.90. The van der Waals surface area contributed by atoms with E-state index in [0.29, 0.717) is 44.8 Å².